The first-order valence-electron chi connectivity index (χ1n) is 18.9. The van der Waals surface area contributed by atoms with Gasteiger partial charge in [-0.3, -0.25) is 14.5 Å². The van der Waals surface area contributed by atoms with E-state index in [2.05, 4.69) is 30.1 Å². The van der Waals surface area contributed by atoms with E-state index in [9.17, 15) is 14.4 Å². The van der Waals surface area contributed by atoms with Crippen LogP contribution in [0, 0.1) is 0 Å². The van der Waals surface area contributed by atoms with Crippen LogP contribution in [0.25, 0.3) is 28.5 Å². The van der Waals surface area contributed by atoms with Gasteiger partial charge in [-0.05, 0) is 80.9 Å². The fourth-order valence-electron chi connectivity index (χ4n) is 7.76. The van der Waals surface area contributed by atoms with Crippen molar-refractivity contribution < 1.29 is 28.6 Å². The quantitative estimate of drug-likeness (QED) is 0.115. The molecule has 2 aromatic carbocycles. The van der Waals surface area contributed by atoms with Crippen LogP contribution in [0.1, 0.15) is 79.3 Å². The van der Waals surface area contributed by atoms with Crippen LogP contribution in [-0.4, -0.2) is 88.8 Å². The summed E-state index contributed by atoms with van der Waals surface area (Å²) in [6.07, 6.45) is 12.6. The fraction of sp³-hybridized carbons (Fsp3) is 0.439. The standard InChI is InChI=1S/C41H47ClN6O6/c1-3-53-34-24-31(12-9-27(34)11-14-35(49)54-22-19-48-17-20-52-21-18-48)45-40(51)41(15-6-16-41)46-39(50)29-10-13-32-33(23-29)47(2)37(36(32)28-7-4-5-8-28)38-43-25-30(42)26-44-38/h9-14,23-26,28H,3-8,15-22H2,1-2H3,(H,45,51)(H,46,50)/b14-11+. The predicted octanol–water partition coefficient (Wildman–Crippen LogP) is 6.52. The molecule has 54 heavy (non-hydrogen) atoms. The van der Waals surface area contributed by atoms with Crippen molar-refractivity contribution in [2.24, 2.45) is 7.05 Å². The lowest BCUT2D eigenvalue weighted by molar-refractivity contribution is -0.138. The number of hydrogen-bond donors (Lipinski definition) is 2. The second-order valence-electron chi connectivity index (χ2n) is 14.2. The van der Waals surface area contributed by atoms with Gasteiger partial charge in [-0.25, -0.2) is 14.8 Å². The highest BCUT2D eigenvalue weighted by Crippen LogP contribution is 2.44. The molecule has 0 radical (unpaired) electrons. The summed E-state index contributed by atoms with van der Waals surface area (Å²) >= 11 is 6.12. The largest absolute Gasteiger partial charge is 0.493 e. The number of nitrogens with one attached hydrogen (secondary N) is 2. The molecule has 2 aromatic heterocycles. The third kappa shape index (κ3) is 8.15. The molecule has 284 valence electrons. The van der Waals surface area contributed by atoms with E-state index in [1.807, 2.05) is 32.2 Å². The van der Waals surface area contributed by atoms with Crippen LogP contribution in [0.2, 0.25) is 5.02 Å². The number of carbonyl (C=O) groups is 3. The molecule has 1 aliphatic heterocycles. The SMILES string of the molecule is CCOc1cc(NC(=O)C2(NC(=O)c3ccc4c(C5CCCC5)c(-c5ncc(Cl)cn5)n(C)c4c3)CCC2)ccc1/C=C/C(=O)OCCN1CCOCC1. The molecule has 0 atom stereocenters. The maximum absolute atomic E-state index is 13.9. The lowest BCUT2D eigenvalue weighted by Gasteiger charge is -2.40. The number of aryl methyl sites for hydroxylation is 1. The highest BCUT2D eigenvalue weighted by atomic mass is 35.5. The molecule has 2 amide bonds. The van der Waals surface area contributed by atoms with Gasteiger partial charge in [-0.15, -0.1) is 0 Å². The molecule has 0 spiro atoms. The Labute approximate surface area is 320 Å². The molecule has 3 fully saturated rings. The molecule has 3 aliphatic rings. The van der Waals surface area contributed by atoms with Crippen molar-refractivity contribution in [1.29, 1.82) is 0 Å². The van der Waals surface area contributed by atoms with Crippen molar-refractivity contribution in [3.8, 4) is 17.3 Å². The number of anilines is 1. The lowest BCUT2D eigenvalue weighted by Crippen LogP contribution is -2.61. The number of carbonyl (C=O) groups excluding carboxylic acids is 3. The van der Waals surface area contributed by atoms with Crippen molar-refractivity contribution in [3.63, 3.8) is 0 Å². The molecule has 3 heterocycles. The van der Waals surface area contributed by atoms with Crippen molar-refractivity contribution in [2.75, 3.05) is 51.4 Å². The second-order valence-corrected chi connectivity index (χ2v) is 14.7. The van der Waals surface area contributed by atoms with Crippen LogP contribution in [0.4, 0.5) is 5.69 Å². The Morgan fingerprint density at radius 3 is 2.50 bits per heavy atom. The molecule has 12 nitrogen and oxygen atoms in total. The number of halogens is 1. The van der Waals surface area contributed by atoms with Gasteiger partial charge < -0.3 is 29.4 Å². The Hall–Kier alpha value is -4.78. The van der Waals surface area contributed by atoms with Gasteiger partial charge in [0.2, 0.25) is 5.91 Å². The molecule has 4 aromatic rings. The Morgan fingerprint density at radius 1 is 1.04 bits per heavy atom. The van der Waals surface area contributed by atoms with E-state index in [4.69, 9.17) is 25.8 Å². The Kier molecular flexibility index (Phi) is 11.6. The maximum Gasteiger partial charge on any atom is 0.330 e. The zero-order valence-corrected chi connectivity index (χ0v) is 31.6. The Bertz CT molecular complexity index is 2030. The van der Waals surface area contributed by atoms with Crippen molar-refractivity contribution in [1.82, 2.24) is 24.8 Å². The zero-order chi connectivity index (χ0) is 37.7. The van der Waals surface area contributed by atoms with Gasteiger partial charge in [0.1, 0.15) is 17.9 Å². The smallest absolute Gasteiger partial charge is 0.330 e. The summed E-state index contributed by atoms with van der Waals surface area (Å²) in [6.45, 7) is 6.26. The van der Waals surface area contributed by atoms with Gasteiger partial charge >= 0.3 is 5.97 Å². The topological polar surface area (TPSA) is 137 Å². The zero-order valence-electron chi connectivity index (χ0n) is 30.9. The van der Waals surface area contributed by atoms with Crippen molar-refractivity contribution in [3.05, 3.63) is 76.6 Å². The predicted molar refractivity (Wildman–Crippen MR) is 208 cm³/mol. The van der Waals surface area contributed by atoms with E-state index in [0.717, 1.165) is 48.9 Å². The molecule has 2 N–H and O–H groups in total. The monoisotopic (exact) mass is 754 g/mol. The van der Waals surface area contributed by atoms with Gasteiger partial charge in [-0.2, -0.15) is 0 Å². The number of esters is 1. The number of aromatic nitrogens is 3. The number of morpholine rings is 1. The van der Waals surface area contributed by atoms with Gasteiger partial charge in [0.05, 0.1) is 30.5 Å². The van der Waals surface area contributed by atoms with Crippen LogP contribution in [0.15, 0.2) is 54.9 Å². The average molecular weight is 755 g/mol. The first-order valence-corrected chi connectivity index (χ1v) is 19.3. The summed E-state index contributed by atoms with van der Waals surface area (Å²) in [7, 11) is 1.98. The molecule has 0 unspecified atom stereocenters. The summed E-state index contributed by atoms with van der Waals surface area (Å²) in [5, 5.41) is 7.64. The minimum atomic E-state index is -1.05. The first kappa shape index (κ1) is 37.5. The maximum atomic E-state index is 13.9. The fourth-order valence-corrected chi connectivity index (χ4v) is 7.85. The summed E-state index contributed by atoms with van der Waals surface area (Å²) in [6, 6.07) is 11.0. The number of amides is 2. The molecule has 13 heteroatoms. The first-order chi connectivity index (χ1) is 26.2. The number of fused-ring (bicyclic) bond motifs is 1. The molecule has 2 saturated carbocycles. The molecular weight excluding hydrogens is 708 g/mol. The number of benzene rings is 2. The Balaban J connectivity index is 1.04. The normalized spacial score (nSPS) is 17.4. The highest BCUT2D eigenvalue weighted by molar-refractivity contribution is 6.30. The summed E-state index contributed by atoms with van der Waals surface area (Å²) in [5.41, 5.74) is 3.67. The van der Waals surface area contributed by atoms with Crippen LogP contribution >= 0.6 is 11.6 Å². The van der Waals surface area contributed by atoms with E-state index >= 15 is 0 Å². The second kappa shape index (κ2) is 16.7. The minimum Gasteiger partial charge on any atom is -0.493 e. The summed E-state index contributed by atoms with van der Waals surface area (Å²) < 4.78 is 18.7. The third-order valence-electron chi connectivity index (χ3n) is 10.8. The number of rotatable bonds is 13. The van der Waals surface area contributed by atoms with Crippen LogP contribution in [0.3, 0.4) is 0 Å². The molecule has 7 rings (SSSR count). The van der Waals surface area contributed by atoms with Crippen LogP contribution in [-0.2, 0) is 26.1 Å². The summed E-state index contributed by atoms with van der Waals surface area (Å²) in [4.78, 5) is 51.4. The van der Waals surface area contributed by atoms with Gasteiger partial charge in [0.25, 0.3) is 5.91 Å². The Morgan fingerprint density at radius 2 is 1.80 bits per heavy atom. The van der Waals surface area contributed by atoms with Crippen LogP contribution in [0.5, 0.6) is 5.75 Å². The van der Waals surface area contributed by atoms with Gasteiger partial charge in [0.15, 0.2) is 5.82 Å². The molecule has 1 saturated heterocycles. The van der Waals surface area contributed by atoms with E-state index in [-0.39, 0.29) is 11.8 Å². The number of ether oxygens (including phenoxy) is 3. The van der Waals surface area contributed by atoms with Gasteiger partial charge in [-0.1, -0.05) is 30.5 Å². The van der Waals surface area contributed by atoms with Crippen LogP contribution < -0.4 is 15.4 Å². The highest BCUT2D eigenvalue weighted by Gasteiger charge is 2.45. The number of nitrogens with zero attached hydrogens (tertiary/aromatic N) is 4. The van der Waals surface area contributed by atoms with Gasteiger partial charge in [0, 0.05) is 78.9 Å². The minimum absolute atomic E-state index is 0.290. The van der Waals surface area contributed by atoms with E-state index < -0.39 is 11.5 Å². The third-order valence-corrected chi connectivity index (χ3v) is 11.0. The van der Waals surface area contributed by atoms with E-state index in [1.165, 1.54) is 24.5 Å². The molecule has 2 aliphatic carbocycles. The van der Waals surface area contributed by atoms with E-state index in [1.54, 1.807) is 36.7 Å². The number of hydrogen-bond acceptors (Lipinski definition) is 9. The molecule has 0 bridgehead atoms. The van der Waals surface area contributed by atoms with Crippen molar-refractivity contribution >= 4 is 52.1 Å². The lowest BCUT2D eigenvalue weighted by atomic mass is 9.75. The van der Waals surface area contributed by atoms with Crippen molar-refractivity contribution in [2.45, 2.75) is 63.3 Å². The van der Waals surface area contributed by atoms with E-state index in [0.29, 0.717) is 85.1 Å². The molecular formula is C41H47ClN6O6. The average Bonchev–Trinajstić information content (AvgIpc) is 3.79. The summed E-state index contributed by atoms with van der Waals surface area (Å²) in [5.74, 6) is 0.447.